The van der Waals surface area contributed by atoms with E-state index in [4.69, 9.17) is 21.1 Å². The maximum atomic E-state index is 12.9. The number of carbonyl (C=O) groups is 1. The Labute approximate surface area is 211 Å². The van der Waals surface area contributed by atoms with Gasteiger partial charge in [0.05, 0.1) is 24.2 Å². The number of carbonyl (C=O) groups excluding carboxylic acids is 1. The molecule has 1 amide bonds. The van der Waals surface area contributed by atoms with Crippen molar-refractivity contribution in [2.24, 2.45) is 5.92 Å². The number of piperidine rings is 1. The molecule has 2 saturated heterocycles. The van der Waals surface area contributed by atoms with Crippen molar-refractivity contribution in [2.75, 3.05) is 38.2 Å². The first-order chi connectivity index (χ1) is 16.7. The molecule has 0 unspecified atom stereocenters. The van der Waals surface area contributed by atoms with E-state index in [1.54, 1.807) is 11.1 Å². The molecule has 3 heterocycles. The Morgan fingerprint density at radius 2 is 1.91 bits per heavy atom. The van der Waals surface area contributed by atoms with Gasteiger partial charge in [-0.15, -0.1) is 0 Å². The highest BCUT2D eigenvalue weighted by Crippen LogP contribution is 2.29. The Morgan fingerprint density at radius 1 is 1.20 bits per heavy atom. The van der Waals surface area contributed by atoms with Crippen molar-refractivity contribution in [1.29, 1.82) is 0 Å². The third-order valence-corrected chi connectivity index (χ3v) is 6.88. The molecular weight excluding hydrogens is 468 g/mol. The molecule has 9 heteroatoms. The molecule has 2 aliphatic rings. The van der Waals surface area contributed by atoms with Gasteiger partial charge in [-0.05, 0) is 76.0 Å². The predicted octanol–water partition coefficient (Wildman–Crippen LogP) is 4.84. The number of anilines is 1. The molecule has 0 saturated carbocycles. The van der Waals surface area contributed by atoms with Crippen LogP contribution in [0.4, 0.5) is 10.5 Å². The van der Waals surface area contributed by atoms with Crippen LogP contribution in [0.3, 0.4) is 0 Å². The van der Waals surface area contributed by atoms with Crippen LogP contribution in [0.2, 0.25) is 5.02 Å². The Hall–Kier alpha value is -2.58. The molecule has 0 aliphatic carbocycles. The van der Waals surface area contributed by atoms with Crippen molar-refractivity contribution < 1.29 is 14.3 Å². The molecule has 35 heavy (non-hydrogen) atoms. The van der Waals surface area contributed by atoms with Crippen molar-refractivity contribution >= 4 is 23.4 Å². The van der Waals surface area contributed by atoms with Crippen molar-refractivity contribution in [1.82, 2.24) is 14.7 Å². The van der Waals surface area contributed by atoms with E-state index in [2.05, 4.69) is 10.4 Å². The number of aromatic nitrogens is 2. The zero-order valence-electron chi connectivity index (χ0n) is 20.8. The van der Waals surface area contributed by atoms with Crippen LogP contribution < -0.4 is 10.9 Å². The number of halogens is 1. The zero-order chi connectivity index (χ0) is 25.0. The summed E-state index contributed by atoms with van der Waals surface area (Å²) in [5.74, 6) is 0.761. The van der Waals surface area contributed by atoms with E-state index in [1.807, 2.05) is 45.0 Å². The fraction of sp³-hybridized carbons (Fsp3) is 0.577. The molecule has 190 valence electrons. The summed E-state index contributed by atoms with van der Waals surface area (Å²) in [4.78, 5) is 27.0. The Balaban J connectivity index is 1.37. The predicted molar refractivity (Wildman–Crippen MR) is 137 cm³/mol. The lowest BCUT2D eigenvalue weighted by molar-refractivity contribution is 0.0205. The van der Waals surface area contributed by atoms with Gasteiger partial charge in [0.2, 0.25) is 0 Å². The molecule has 0 radical (unpaired) electrons. The molecule has 1 atom stereocenters. The smallest absolute Gasteiger partial charge is 0.410 e. The normalized spacial score (nSPS) is 19.4. The fourth-order valence-electron chi connectivity index (χ4n) is 4.57. The lowest BCUT2D eigenvalue weighted by atomic mass is 9.89. The second-order valence-corrected chi connectivity index (χ2v) is 10.8. The maximum Gasteiger partial charge on any atom is 0.410 e. The number of likely N-dealkylation sites (tertiary alicyclic amines) is 1. The van der Waals surface area contributed by atoms with E-state index >= 15 is 0 Å². The van der Waals surface area contributed by atoms with Crippen LogP contribution in [0.5, 0.6) is 0 Å². The first-order valence-electron chi connectivity index (χ1n) is 12.4. The van der Waals surface area contributed by atoms with Crippen molar-refractivity contribution in [3.8, 4) is 5.69 Å². The summed E-state index contributed by atoms with van der Waals surface area (Å²) in [6.45, 7) is 9.21. The summed E-state index contributed by atoms with van der Waals surface area (Å²) >= 11 is 6.39. The number of rotatable bonds is 5. The number of nitrogens with one attached hydrogen (secondary N) is 1. The number of hydrogen-bond donors (Lipinski definition) is 1. The van der Waals surface area contributed by atoms with Crippen LogP contribution >= 0.6 is 11.6 Å². The summed E-state index contributed by atoms with van der Waals surface area (Å²) in [6, 6.07) is 7.85. The van der Waals surface area contributed by atoms with E-state index in [-0.39, 0.29) is 16.7 Å². The molecule has 4 rings (SSSR count). The summed E-state index contributed by atoms with van der Waals surface area (Å²) < 4.78 is 12.3. The quantitative estimate of drug-likeness (QED) is 0.629. The summed E-state index contributed by atoms with van der Waals surface area (Å²) in [5.41, 5.74) is 1.56. The average Bonchev–Trinajstić information content (AvgIpc) is 2.85. The van der Waals surface area contributed by atoms with Gasteiger partial charge in [-0.3, -0.25) is 4.79 Å². The molecule has 2 aromatic rings. The maximum absolute atomic E-state index is 12.9. The van der Waals surface area contributed by atoms with E-state index < -0.39 is 5.60 Å². The fourth-order valence-corrected chi connectivity index (χ4v) is 4.77. The minimum Gasteiger partial charge on any atom is -0.444 e. The molecule has 1 aromatic heterocycles. The third-order valence-electron chi connectivity index (χ3n) is 6.51. The van der Waals surface area contributed by atoms with Crippen LogP contribution in [0.1, 0.15) is 57.9 Å². The van der Waals surface area contributed by atoms with Gasteiger partial charge in [0.15, 0.2) is 0 Å². The van der Waals surface area contributed by atoms with Gasteiger partial charge >= 0.3 is 6.09 Å². The largest absolute Gasteiger partial charge is 0.444 e. The second-order valence-electron chi connectivity index (χ2n) is 10.4. The summed E-state index contributed by atoms with van der Waals surface area (Å²) in [7, 11) is 0. The SMILES string of the molecule is CC(C)(C)OC(=O)N1CCC(c2ccc(-n3ncc(NC[C@@H]4CCCOC4)c(Cl)c3=O)cc2)CC1. The van der Waals surface area contributed by atoms with Crippen LogP contribution in [-0.2, 0) is 9.47 Å². The lowest BCUT2D eigenvalue weighted by Crippen LogP contribution is -2.41. The monoisotopic (exact) mass is 502 g/mol. The molecule has 0 spiro atoms. The average molecular weight is 503 g/mol. The van der Waals surface area contributed by atoms with Gasteiger partial charge in [0, 0.05) is 26.2 Å². The van der Waals surface area contributed by atoms with E-state index in [0.29, 0.717) is 42.8 Å². The van der Waals surface area contributed by atoms with Gasteiger partial charge in [-0.25, -0.2) is 4.79 Å². The van der Waals surface area contributed by atoms with E-state index in [1.165, 1.54) is 10.2 Å². The van der Waals surface area contributed by atoms with Crippen LogP contribution in [0, 0.1) is 5.92 Å². The van der Waals surface area contributed by atoms with Crippen molar-refractivity contribution in [3.63, 3.8) is 0 Å². The van der Waals surface area contributed by atoms with Crippen LogP contribution in [0.15, 0.2) is 35.3 Å². The molecule has 2 aliphatic heterocycles. The molecule has 0 bridgehead atoms. The molecule has 1 aromatic carbocycles. The van der Waals surface area contributed by atoms with Crippen LogP contribution in [0.25, 0.3) is 5.69 Å². The minimum absolute atomic E-state index is 0.135. The number of ether oxygens (including phenoxy) is 2. The van der Waals surface area contributed by atoms with Crippen LogP contribution in [-0.4, -0.2) is 59.2 Å². The second kappa shape index (κ2) is 11.0. The van der Waals surface area contributed by atoms with Gasteiger partial charge in [0.1, 0.15) is 10.6 Å². The minimum atomic E-state index is -0.489. The van der Waals surface area contributed by atoms with Crippen molar-refractivity contribution in [2.45, 2.75) is 58.0 Å². The first kappa shape index (κ1) is 25.5. The van der Waals surface area contributed by atoms with E-state index in [0.717, 1.165) is 38.9 Å². The highest BCUT2D eigenvalue weighted by molar-refractivity contribution is 6.32. The molecule has 2 fully saturated rings. The van der Waals surface area contributed by atoms with Gasteiger partial charge in [-0.1, -0.05) is 23.7 Å². The number of amides is 1. The van der Waals surface area contributed by atoms with E-state index in [9.17, 15) is 9.59 Å². The first-order valence-corrected chi connectivity index (χ1v) is 12.8. The van der Waals surface area contributed by atoms with Gasteiger partial charge in [-0.2, -0.15) is 9.78 Å². The highest BCUT2D eigenvalue weighted by atomic mass is 35.5. The number of nitrogens with zero attached hydrogens (tertiary/aromatic N) is 3. The van der Waals surface area contributed by atoms with Crippen molar-refractivity contribution in [3.05, 3.63) is 51.4 Å². The molecular formula is C26H35ClN4O4. The highest BCUT2D eigenvalue weighted by Gasteiger charge is 2.27. The third kappa shape index (κ3) is 6.55. The summed E-state index contributed by atoms with van der Waals surface area (Å²) in [6.07, 6.45) is 5.25. The number of hydrogen-bond acceptors (Lipinski definition) is 6. The zero-order valence-corrected chi connectivity index (χ0v) is 21.5. The summed E-state index contributed by atoms with van der Waals surface area (Å²) in [5, 5.41) is 7.73. The lowest BCUT2D eigenvalue weighted by Gasteiger charge is -2.33. The number of benzene rings is 1. The van der Waals surface area contributed by atoms with Gasteiger partial charge < -0.3 is 19.7 Å². The Kier molecular flexibility index (Phi) is 8.02. The van der Waals surface area contributed by atoms with Gasteiger partial charge in [0.25, 0.3) is 5.56 Å². The topological polar surface area (TPSA) is 85.7 Å². The Bertz CT molecular complexity index is 1070. The standard InChI is InChI=1S/C26H35ClN4O4/c1-26(2,3)35-25(33)30-12-10-20(11-13-30)19-6-8-21(9-7-19)31-24(32)23(27)22(16-29-31)28-15-18-5-4-14-34-17-18/h6-9,16,18,20,28H,4-5,10-15,17H2,1-3H3/t18-/m0/s1. The Morgan fingerprint density at radius 3 is 2.54 bits per heavy atom. The molecule has 8 nitrogen and oxygen atoms in total. The molecule has 1 N–H and O–H groups in total.